The van der Waals surface area contributed by atoms with Crippen LogP contribution in [0.15, 0.2) is 77.8 Å². The minimum Gasteiger partial charge on any atom is -0.394 e. The smallest absolute Gasteiger partial charge is 0.310 e. The second-order valence-corrected chi connectivity index (χ2v) is 11.1. The highest BCUT2D eigenvalue weighted by Crippen LogP contribution is 2.24. The van der Waals surface area contributed by atoms with Crippen LogP contribution in [-0.4, -0.2) is 62.5 Å². The molecule has 43 heavy (non-hydrogen) atoms. The van der Waals surface area contributed by atoms with Gasteiger partial charge in [0, 0.05) is 49.9 Å². The fourth-order valence-electron chi connectivity index (χ4n) is 4.73. The molecule has 4 aromatic rings. The van der Waals surface area contributed by atoms with Gasteiger partial charge in [-0.15, -0.1) is 0 Å². The number of halogens is 1. The van der Waals surface area contributed by atoms with E-state index in [0.717, 1.165) is 45.6 Å². The molecule has 0 fully saturated rings. The summed E-state index contributed by atoms with van der Waals surface area (Å²) < 4.78 is 20.6. The van der Waals surface area contributed by atoms with E-state index in [0.29, 0.717) is 24.2 Å². The largest absolute Gasteiger partial charge is 0.394 e. The molecule has 2 N–H and O–H groups in total. The van der Waals surface area contributed by atoms with E-state index in [9.17, 15) is 18.8 Å². The van der Waals surface area contributed by atoms with E-state index < -0.39 is 11.9 Å². The van der Waals surface area contributed by atoms with E-state index in [4.69, 9.17) is 0 Å². The molecule has 0 atom stereocenters. The van der Waals surface area contributed by atoms with Crippen molar-refractivity contribution in [2.24, 2.45) is 4.99 Å². The highest BCUT2D eigenvalue weighted by atomic mass is 19.1. The molecule has 0 unspecified atom stereocenters. The Labute approximate surface area is 250 Å². The zero-order valence-electron chi connectivity index (χ0n) is 25.1. The van der Waals surface area contributed by atoms with Crippen molar-refractivity contribution >= 4 is 40.3 Å². The Morgan fingerprint density at radius 3 is 2.28 bits per heavy atom. The van der Waals surface area contributed by atoms with E-state index in [1.807, 2.05) is 34.9 Å². The number of carbonyl (C=O) groups is 3. The van der Waals surface area contributed by atoms with Gasteiger partial charge in [0.2, 0.25) is 0 Å². The molecule has 1 aliphatic rings. The molecule has 0 saturated carbocycles. The Kier molecular flexibility index (Phi) is 9.72. The van der Waals surface area contributed by atoms with Crippen LogP contribution in [0.2, 0.25) is 0 Å². The number of nitrogens with zero attached hydrogens (tertiary/aromatic N) is 3. The summed E-state index contributed by atoms with van der Waals surface area (Å²) in [5, 5.41) is 7.05. The zero-order chi connectivity index (χ0) is 31.1. The number of quaternary nitrogens is 1. The van der Waals surface area contributed by atoms with Crippen LogP contribution in [0.3, 0.4) is 0 Å². The van der Waals surface area contributed by atoms with E-state index in [2.05, 4.69) is 59.7 Å². The van der Waals surface area contributed by atoms with Crippen LogP contribution in [0.5, 0.6) is 0 Å². The van der Waals surface area contributed by atoms with Crippen molar-refractivity contribution in [3.8, 4) is 0 Å². The van der Waals surface area contributed by atoms with Crippen LogP contribution in [0, 0.1) is 5.82 Å². The van der Waals surface area contributed by atoms with Crippen molar-refractivity contribution in [2.45, 2.75) is 26.9 Å². The minimum atomic E-state index is -0.562. The molecule has 224 valence electrons. The third-order valence-electron chi connectivity index (χ3n) is 6.76. The average molecular weight is 587 g/mol. The van der Waals surface area contributed by atoms with Crippen molar-refractivity contribution in [1.29, 1.82) is 0 Å². The Morgan fingerprint density at radius 1 is 0.953 bits per heavy atom. The summed E-state index contributed by atoms with van der Waals surface area (Å²) in [5.41, 5.74) is 5.59. The second kappa shape index (κ2) is 13.4. The number of hydrogen-bond donors (Lipinski definition) is 2. The van der Waals surface area contributed by atoms with Crippen LogP contribution in [-0.2, 0) is 27.4 Å². The van der Waals surface area contributed by atoms with Crippen molar-refractivity contribution in [1.82, 2.24) is 19.7 Å². The topological polar surface area (TPSA) is 102 Å². The van der Waals surface area contributed by atoms with Gasteiger partial charge in [-0.3, -0.25) is 23.9 Å². The number of carbonyl (C=O) groups excluding carboxylic acids is 3. The molecule has 0 radical (unpaired) electrons. The predicted molar refractivity (Wildman–Crippen MR) is 166 cm³/mol. The Morgan fingerprint density at radius 2 is 1.67 bits per heavy atom. The van der Waals surface area contributed by atoms with Crippen molar-refractivity contribution in [3.63, 3.8) is 0 Å². The number of amides is 1. The lowest BCUT2D eigenvalue weighted by atomic mass is 10.1. The fourth-order valence-corrected chi connectivity index (χ4v) is 4.73. The summed E-state index contributed by atoms with van der Waals surface area (Å²) in [4.78, 5) is 37.5. The highest BCUT2D eigenvalue weighted by Gasteiger charge is 2.18. The second-order valence-electron chi connectivity index (χ2n) is 11.1. The number of ether oxygens (including phenoxy) is 1. The summed E-state index contributed by atoms with van der Waals surface area (Å²) >= 11 is 0. The first kappa shape index (κ1) is 31.1. The molecule has 3 aromatic carbocycles. The quantitative estimate of drug-likeness (QED) is 0.190. The van der Waals surface area contributed by atoms with Gasteiger partial charge in [-0.25, -0.2) is 4.39 Å². The first-order valence-corrected chi connectivity index (χ1v) is 14.0. The van der Waals surface area contributed by atoms with Gasteiger partial charge < -0.3 is 19.9 Å². The van der Waals surface area contributed by atoms with Crippen LogP contribution >= 0.6 is 0 Å². The average Bonchev–Trinajstić information content (AvgIpc) is 3.60. The van der Waals surface area contributed by atoms with Gasteiger partial charge in [-0.05, 0) is 53.6 Å². The van der Waals surface area contributed by atoms with E-state index >= 15 is 0 Å². The maximum Gasteiger partial charge on any atom is 0.310 e. The number of aromatic nitrogens is 1. The Bertz CT molecular complexity index is 1660. The minimum absolute atomic E-state index is 0.194. The first-order chi connectivity index (χ1) is 20.4. The van der Waals surface area contributed by atoms with Crippen molar-refractivity contribution in [3.05, 3.63) is 101 Å². The summed E-state index contributed by atoms with van der Waals surface area (Å²) in [6, 6.07) is 22.8. The molecule has 1 amide bonds. The summed E-state index contributed by atoms with van der Waals surface area (Å²) in [5.74, 6) is -0.748. The van der Waals surface area contributed by atoms with Crippen molar-refractivity contribution < 1.29 is 23.5 Å². The highest BCUT2D eigenvalue weighted by molar-refractivity contribution is 6.00. The lowest BCUT2D eigenvalue weighted by molar-refractivity contribution is -0.156. The summed E-state index contributed by atoms with van der Waals surface area (Å²) in [6.07, 6.45) is 0. The molecular weight excluding hydrogens is 549 g/mol. The first-order valence-electron chi connectivity index (χ1n) is 14.0. The molecule has 0 saturated heterocycles. The van der Waals surface area contributed by atoms with Gasteiger partial charge in [-0.1, -0.05) is 30.3 Å². The van der Waals surface area contributed by atoms with Gasteiger partial charge in [0.25, 0.3) is 5.91 Å². The number of rotatable bonds is 7. The zero-order valence-corrected chi connectivity index (χ0v) is 25.1. The van der Waals surface area contributed by atoms with Gasteiger partial charge >= 0.3 is 11.9 Å². The molecule has 5 rings (SSSR count). The number of hydrogen-bond acceptors (Lipinski definition) is 6. The number of esters is 2. The number of amidine groups is 1. The molecule has 1 aromatic heterocycles. The molecule has 0 aliphatic carbocycles. The van der Waals surface area contributed by atoms with Crippen LogP contribution in [0.25, 0.3) is 10.9 Å². The standard InChI is InChI=1S/C29H30FN5O.C4H6O3/c1-35(2,3)25-10-7-20(8-11-25)18-33-29(36)27-17-23-16-24(30)9-12-26(23)34(27)19-21-5-4-6-22(15-21)28-31-13-14-32-28;1-3(5)7-4(2)6/h4-12,15-17H,13-14,18-19H2,1-3H3,(H-,31,32,33,36);1-2H3/p+1. The lowest BCUT2D eigenvalue weighted by Crippen LogP contribution is -2.34. The molecule has 0 bridgehead atoms. The lowest BCUT2D eigenvalue weighted by Gasteiger charge is -2.23. The summed E-state index contributed by atoms with van der Waals surface area (Å²) in [7, 11) is 6.35. The van der Waals surface area contributed by atoms with E-state index in [1.165, 1.54) is 31.7 Å². The number of benzene rings is 3. The Balaban J connectivity index is 0.000000541. The van der Waals surface area contributed by atoms with Crippen LogP contribution in [0.1, 0.15) is 41.0 Å². The molecular formula is C33H37FN5O4+. The number of fused-ring (bicyclic) bond motifs is 1. The third-order valence-corrected chi connectivity index (χ3v) is 6.76. The van der Waals surface area contributed by atoms with Crippen molar-refractivity contribution in [2.75, 3.05) is 34.2 Å². The van der Waals surface area contributed by atoms with Gasteiger partial charge in [-0.2, -0.15) is 0 Å². The van der Waals surface area contributed by atoms with E-state index in [1.54, 1.807) is 12.1 Å². The molecule has 0 spiro atoms. The number of aliphatic imine (C=N–C) groups is 1. The molecule has 1 aliphatic heterocycles. The molecule has 2 heterocycles. The number of nitrogens with one attached hydrogen (secondary N) is 2. The van der Waals surface area contributed by atoms with Gasteiger partial charge in [0.1, 0.15) is 23.0 Å². The van der Waals surface area contributed by atoms with E-state index in [-0.39, 0.29) is 11.7 Å². The SMILES string of the molecule is CC(=O)OC(C)=O.C[N+](C)(C)c1ccc(CNC(=O)c2cc3cc(F)ccc3n2Cc2cccc(C3=NCCN3)c2)cc1. The van der Waals surface area contributed by atoms with Crippen LogP contribution in [0.4, 0.5) is 10.1 Å². The molecule has 10 heteroatoms. The summed E-state index contributed by atoms with van der Waals surface area (Å²) in [6.45, 7) is 4.87. The normalized spacial score (nSPS) is 12.6. The maximum absolute atomic E-state index is 14.0. The maximum atomic E-state index is 14.0. The monoisotopic (exact) mass is 586 g/mol. The third kappa shape index (κ3) is 8.36. The fraction of sp³-hybridized carbons (Fsp3) is 0.273. The molecule has 9 nitrogen and oxygen atoms in total. The van der Waals surface area contributed by atoms with Crippen LogP contribution < -0.4 is 15.1 Å². The predicted octanol–water partition coefficient (Wildman–Crippen LogP) is 4.40. The Hall–Kier alpha value is -4.83. The van der Waals surface area contributed by atoms with Gasteiger partial charge in [0.05, 0.1) is 27.7 Å². The van der Waals surface area contributed by atoms with Gasteiger partial charge in [0.15, 0.2) is 0 Å².